The summed E-state index contributed by atoms with van der Waals surface area (Å²) < 4.78 is 15.1. The van der Waals surface area contributed by atoms with E-state index in [-0.39, 0.29) is 16.7 Å². The highest BCUT2D eigenvalue weighted by atomic mass is 35.5. The lowest BCUT2D eigenvalue weighted by molar-refractivity contribution is 0.0719. The maximum absolute atomic E-state index is 13.8. The van der Waals surface area contributed by atoms with E-state index in [1.807, 2.05) is 0 Å². The van der Waals surface area contributed by atoms with Crippen LogP contribution in [0.5, 0.6) is 0 Å². The zero-order valence-corrected chi connectivity index (χ0v) is 17.2. The van der Waals surface area contributed by atoms with Crippen LogP contribution < -0.4 is 5.56 Å². The topological polar surface area (TPSA) is 75.4 Å². The number of carbonyl (C=O) groups is 1. The van der Waals surface area contributed by atoms with E-state index in [9.17, 15) is 19.1 Å². The van der Waals surface area contributed by atoms with E-state index >= 15 is 0 Å². The molecule has 3 aromatic rings. The fourth-order valence-corrected chi connectivity index (χ4v) is 3.65. The molecule has 0 bridgehead atoms. The lowest BCUT2D eigenvalue weighted by Crippen LogP contribution is -2.47. The summed E-state index contributed by atoms with van der Waals surface area (Å²) in [4.78, 5) is 31.1. The fraction of sp³-hybridized carbons (Fsp3) is 0.286. The van der Waals surface area contributed by atoms with Crippen molar-refractivity contribution in [3.05, 3.63) is 69.5 Å². The van der Waals surface area contributed by atoms with Gasteiger partial charge >= 0.3 is 6.09 Å². The van der Waals surface area contributed by atoms with Crippen molar-refractivity contribution in [2.75, 3.05) is 0 Å². The molecule has 0 spiro atoms. The number of halogens is 2. The molecule has 0 saturated heterocycles. The van der Waals surface area contributed by atoms with Crippen LogP contribution in [0.4, 0.5) is 9.18 Å². The molecule has 0 radical (unpaired) electrons. The molecule has 1 N–H and O–H groups in total. The van der Waals surface area contributed by atoms with Gasteiger partial charge in [0.1, 0.15) is 11.6 Å². The Hall–Kier alpha value is -2.93. The lowest BCUT2D eigenvalue weighted by atomic mass is 10.0. The first-order valence-corrected chi connectivity index (χ1v) is 9.39. The summed E-state index contributed by atoms with van der Waals surface area (Å²) in [7, 11) is 0. The number of carboxylic acid groups (broad SMARTS) is 1. The number of hydrogen-bond donors (Lipinski definition) is 1. The van der Waals surface area contributed by atoms with Crippen LogP contribution in [0.1, 0.15) is 39.6 Å². The van der Waals surface area contributed by atoms with Gasteiger partial charge < -0.3 is 5.11 Å². The van der Waals surface area contributed by atoms with Gasteiger partial charge in [-0.05, 0) is 64.1 Å². The van der Waals surface area contributed by atoms with Crippen LogP contribution in [-0.2, 0) is 0 Å². The van der Waals surface area contributed by atoms with Gasteiger partial charge in [0.2, 0.25) is 0 Å². The third kappa shape index (κ3) is 3.96. The average molecular weight is 418 g/mol. The standard InChI is InChI=1S/C21H21ClFN3O3/c1-12(26(20(28)29)21(2,3)4)18-24-17-9-8-14(23)11-16(17)19(27)25(18)15-7-5-6-13(22)10-15/h5-12H,1-4H3,(H,28,29). The molecule has 0 aliphatic rings. The van der Waals surface area contributed by atoms with E-state index < -0.39 is 29.1 Å². The Labute approximate surface area is 172 Å². The van der Waals surface area contributed by atoms with Gasteiger partial charge in [0.05, 0.1) is 22.6 Å². The maximum Gasteiger partial charge on any atom is 0.408 e. The Morgan fingerprint density at radius 3 is 2.52 bits per heavy atom. The molecular weight excluding hydrogens is 397 g/mol. The highest BCUT2D eigenvalue weighted by molar-refractivity contribution is 6.30. The second kappa shape index (κ2) is 7.48. The van der Waals surface area contributed by atoms with Gasteiger partial charge in [0.25, 0.3) is 5.56 Å². The van der Waals surface area contributed by atoms with Crippen molar-refractivity contribution in [2.45, 2.75) is 39.3 Å². The molecule has 1 amide bonds. The number of rotatable bonds is 3. The zero-order chi connectivity index (χ0) is 21.5. The van der Waals surface area contributed by atoms with Crippen molar-refractivity contribution in [1.82, 2.24) is 14.5 Å². The third-order valence-electron chi connectivity index (χ3n) is 4.61. The van der Waals surface area contributed by atoms with Gasteiger partial charge in [-0.2, -0.15) is 0 Å². The monoisotopic (exact) mass is 417 g/mol. The van der Waals surface area contributed by atoms with Crippen molar-refractivity contribution in [2.24, 2.45) is 0 Å². The second-order valence-corrected chi connectivity index (χ2v) is 8.19. The fourth-order valence-electron chi connectivity index (χ4n) is 3.47. The van der Waals surface area contributed by atoms with Gasteiger partial charge in [-0.15, -0.1) is 0 Å². The van der Waals surface area contributed by atoms with E-state index in [1.165, 1.54) is 21.6 Å². The maximum atomic E-state index is 13.8. The second-order valence-electron chi connectivity index (χ2n) is 7.75. The summed E-state index contributed by atoms with van der Waals surface area (Å²) in [6.45, 7) is 6.94. The van der Waals surface area contributed by atoms with Crippen molar-refractivity contribution < 1.29 is 14.3 Å². The Balaban J connectivity index is 2.38. The van der Waals surface area contributed by atoms with Crippen molar-refractivity contribution >= 4 is 28.6 Å². The minimum absolute atomic E-state index is 0.0959. The molecule has 3 rings (SSSR count). The number of aromatic nitrogens is 2. The molecule has 1 heterocycles. The zero-order valence-electron chi connectivity index (χ0n) is 16.5. The van der Waals surface area contributed by atoms with Gasteiger partial charge in [0.15, 0.2) is 0 Å². The Morgan fingerprint density at radius 2 is 1.93 bits per heavy atom. The first-order valence-electron chi connectivity index (χ1n) is 9.01. The number of nitrogens with zero attached hydrogens (tertiary/aromatic N) is 3. The molecule has 29 heavy (non-hydrogen) atoms. The van der Waals surface area contributed by atoms with Gasteiger partial charge in [-0.3, -0.25) is 14.3 Å². The Bertz CT molecular complexity index is 1150. The van der Waals surface area contributed by atoms with Crippen molar-refractivity contribution in [1.29, 1.82) is 0 Å². The van der Waals surface area contributed by atoms with Gasteiger partial charge in [0, 0.05) is 10.6 Å². The van der Waals surface area contributed by atoms with E-state index in [0.717, 1.165) is 6.07 Å². The van der Waals surface area contributed by atoms with Crippen molar-refractivity contribution in [3.8, 4) is 5.69 Å². The van der Waals surface area contributed by atoms with Gasteiger partial charge in [-0.1, -0.05) is 17.7 Å². The van der Waals surface area contributed by atoms with Crippen LogP contribution in [0, 0.1) is 5.82 Å². The molecule has 6 nitrogen and oxygen atoms in total. The molecule has 0 saturated carbocycles. The molecule has 1 unspecified atom stereocenters. The molecule has 2 aromatic carbocycles. The normalized spacial score (nSPS) is 12.8. The largest absolute Gasteiger partial charge is 0.465 e. The average Bonchev–Trinajstić information content (AvgIpc) is 2.60. The molecule has 0 fully saturated rings. The third-order valence-corrected chi connectivity index (χ3v) is 4.85. The minimum Gasteiger partial charge on any atom is -0.465 e. The molecular formula is C21H21ClFN3O3. The van der Waals surface area contributed by atoms with Crippen molar-refractivity contribution in [3.63, 3.8) is 0 Å². The summed E-state index contributed by atoms with van der Waals surface area (Å²) in [6.07, 6.45) is -1.14. The van der Waals surface area contributed by atoms with E-state index in [1.54, 1.807) is 52.0 Å². The highest BCUT2D eigenvalue weighted by Crippen LogP contribution is 2.29. The van der Waals surface area contributed by atoms with Crippen LogP contribution >= 0.6 is 11.6 Å². The van der Waals surface area contributed by atoms with Crippen LogP contribution in [0.2, 0.25) is 5.02 Å². The summed E-state index contributed by atoms with van der Waals surface area (Å²) in [5.74, 6) is -0.342. The molecule has 152 valence electrons. The molecule has 1 aromatic heterocycles. The summed E-state index contributed by atoms with van der Waals surface area (Å²) in [5.41, 5.74) is -0.546. The molecule has 0 aliphatic carbocycles. The smallest absolute Gasteiger partial charge is 0.408 e. The number of hydrogen-bond acceptors (Lipinski definition) is 3. The number of amides is 1. The Kier molecular flexibility index (Phi) is 5.36. The van der Waals surface area contributed by atoms with E-state index in [4.69, 9.17) is 11.6 Å². The molecule has 1 atom stereocenters. The minimum atomic E-state index is -1.14. The van der Waals surface area contributed by atoms with Crippen LogP contribution in [0.15, 0.2) is 47.3 Å². The first kappa shape index (κ1) is 20.8. The summed E-state index contributed by atoms with van der Waals surface area (Å²) in [6, 6.07) is 9.55. The van der Waals surface area contributed by atoms with E-state index in [0.29, 0.717) is 10.7 Å². The summed E-state index contributed by atoms with van der Waals surface area (Å²) in [5, 5.41) is 10.3. The van der Waals surface area contributed by atoms with E-state index in [2.05, 4.69) is 4.98 Å². The Morgan fingerprint density at radius 1 is 1.24 bits per heavy atom. The quantitative estimate of drug-likeness (QED) is 0.649. The van der Waals surface area contributed by atoms with Gasteiger partial charge in [-0.25, -0.2) is 14.2 Å². The molecule has 8 heteroatoms. The van der Waals surface area contributed by atoms with Crippen LogP contribution in [0.3, 0.4) is 0 Å². The molecule has 0 aliphatic heterocycles. The van der Waals surface area contributed by atoms with Crippen LogP contribution in [0.25, 0.3) is 16.6 Å². The highest BCUT2D eigenvalue weighted by Gasteiger charge is 2.34. The predicted octanol–water partition coefficient (Wildman–Crippen LogP) is 5.02. The number of benzene rings is 2. The lowest BCUT2D eigenvalue weighted by Gasteiger charge is -2.38. The SMILES string of the molecule is CC(c1nc2ccc(F)cc2c(=O)n1-c1cccc(Cl)c1)N(C(=O)O)C(C)(C)C. The van der Waals surface area contributed by atoms with Crippen LogP contribution in [-0.4, -0.2) is 31.2 Å². The predicted molar refractivity (Wildman–Crippen MR) is 110 cm³/mol. The number of fused-ring (bicyclic) bond motifs is 1. The summed E-state index contributed by atoms with van der Waals surface area (Å²) >= 11 is 6.11. The first-order chi connectivity index (χ1) is 13.5.